The normalized spacial score (nSPS) is 14.5. The predicted molar refractivity (Wildman–Crippen MR) is 265 cm³/mol. The summed E-state index contributed by atoms with van der Waals surface area (Å²) in [5, 5.41) is 0. The van der Waals surface area contributed by atoms with Gasteiger partial charge in [0.25, 0.3) is 0 Å². The number of aromatic nitrogens is 1. The van der Waals surface area contributed by atoms with E-state index in [-0.39, 0.29) is 29.6 Å². The van der Waals surface area contributed by atoms with Gasteiger partial charge in [-0.3, -0.25) is 24.4 Å². The molecule has 8 rings (SSSR count). The second-order valence-corrected chi connectivity index (χ2v) is 17.7. The fourth-order valence-electron chi connectivity index (χ4n) is 8.28. The number of morpholine rings is 1. The number of likely N-dealkylation sites (N-methyl/N-ethyl adjacent to an activating group) is 1. The molecule has 0 bridgehead atoms. The molecule has 0 amide bonds. The van der Waals surface area contributed by atoms with E-state index in [1.165, 1.54) is 29.3 Å². The zero-order chi connectivity index (χ0) is 47.5. The van der Waals surface area contributed by atoms with Crippen molar-refractivity contribution in [1.82, 2.24) is 19.7 Å². The van der Waals surface area contributed by atoms with E-state index >= 15 is 0 Å². The van der Waals surface area contributed by atoms with E-state index < -0.39 is 0 Å². The molecule has 11 heteroatoms. The smallest absolute Gasteiger partial charge is 0.139 e. The molecule has 356 valence electrons. The number of aryl methyl sites for hydroxylation is 3. The number of nitrogens with zero attached hydrogens (tertiary/aromatic N) is 4. The van der Waals surface area contributed by atoms with Crippen LogP contribution in [0.1, 0.15) is 40.8 Å². The van der Waals surface area contributed by atoms with Crippen molar-refractivity contribution in [2.75, 3.05) is 85.8 Å². The summed E-state index contributed by atoms with van der Waals surface area (Å²) in [5.41, 5.74) is 8.30. The highest BCUT2D eigenvalue weighted by atomic mass is 19.1. The summed E-state index contributed by atoms with van der Waals surface area (Å²) >= 11 is 0. The van der Waals surface area contributed by atoms with Crippen LogP contribution in [-0.2, 0) is 40.0 Å². The maximum atomic E-state index is 14.8. The number of piperazine rings is 1. The Hall–Kier alpha value is -6.11. The van der Waals surface area contributed by atoms with Gasteiger partial charge in [-0.25, -0.2) is 8.78 Å². The molecule has 0 radical (unpaired) electrons. The summed E-state index contributed by atoms with van der Waals surface area (Å²) < 4.78 is 45.1. The monoisotopic (exact) mass is 922 g/mol. The molecular weight excluding hydrogens is 859 g/mol. The minimum atomic E-state index is -0.302. The lowest BCUT2D eigenvalue weighted by Gasteiger charge is -2.32. The first-order valence-electron chi connectivity index (χ1n) is 23.9. The van der Waals surface area contributed by atoms with Gasteiger partial charge in [-0.15, -0.1) is 0 Å². The molecule has 2 fully saturated rings. The molecule has 2 aliphatic rings. The van der Waals surface area contributed by atoms with Crippen LogP contribution in [0, 0.1) is 18.6 Å². The van der Waals surface area contributed by atoms with E-state index in [2.05, 4.69) is 51.9 Å². The van der Waals surface area contributed by atoms with Crippen LogP contribution < -0.4 is 9.47 Å². The lowest BCUT2D eigenvalue weighted by Crippen LogP contribution is -2.45. The lowest BCUT2D eigenvalue weighted by atomic mass is 9.99. The van der Waals surface area contributed by atoms with Crippen molar-refractivity contribution in [3.05, 3.63) is 173 Å². The molecular formula is C57H64F2N4O5. The van der Waals surface area contributed by atoms with Crippen LogP contribution in [0.2, 0.25) is 0 Å². The second kappa shape index (κ2) is 25.9. The van der Waals surface area contributed by atoms with E-state index in [1.54, 1.807) is 18.3 Å². The third-order valence-corrected chi connectivity index (χ3v) is 12.4. The average Bonchev–Trinajstić information content (AvgIpc) is 3.35. The number of hydrogen-bond donors (Lipinski definition) is 0. The van der Waals surface area contributed by atoms with Gasteiger partial charge in [0, 0.05) is 107 Å². The van der Waals surface area contributed by atoms with Gasteiger partial charge in [0.2, 0.25) is 0 Å². The van der Waals surface area contributed by atoms with Crippen molar-refractivity contribution < 1.29 is 32.6 Å². The molecule has 9 nitrogen and oxygen atoms in total. The third kappa shape index (κ3) is 16.3. The number of hydrogen-bond acceptors (Lipinski definition) is 9. The number of carbonyl (C=O) groups excluding carboxylic acids is 2. The number of Topliss-reactive ketones (excluding diaryl/α,β-unsaturated/α-hetero) is 2. The summed E-state index contributed by atoms with van der Waals surface area (Å²) in [6, 6.07) is 39.2. The van der Waals surface area contributed by atoms with E-state index in [9.17, 15) is 18.4 Å². The minimum Gasteiger partial charge on any atom is -0.492 e. The van der Waals surface area contributed by atoms with Crippen LogP contribution in [0.3, 0.4) is 0 Å². The molecule has 68 heavy (non-hydrogen) atoms. The maximum Gasteiger partial charge on any atom is 0.139 e. The molecule has 1 aromatic heterocycles. The fourth-order valence-corrected chi connectivity index (χ4v) is 8.28. The molecule has 0 aliphatic carbocycles. The number of rotatable bonds is 20. The van der Waals surface area contributed by atoms with Crippen LogP contribution in [0.4, 0.5) is 8.78 Å². The number of pyridine rings is 1. The van der Waals surface area contributed by atoms with Crippen LogP contribution in [0.5, 0.6) is 11.5 Å². The molecule has 0 spiro atoms. The molecule has 0 atom stereocenters. The molecule has 5 aromatic carbocycles. The van der Waals surface area contributed by atoms with Crippen LogP contribution in [0.15, 0.2) is 134 Å². The molecule has 6 aromatic rings. The van der Waals surface area contributed by atoms with Crippen molar-refractivity contribution >= 4 is 11.6 Å². The molecule has 2 saturated heterocycles. The van der Waals surface area contributed by atoms with E-state index in [1.807, 2.05) is 78.9 Å². The third-order valence-electron chi connectivity index (χ3n) is 12.4. The first-order valence-corrected chi connectivity index (χ1v) is 23.9. The Labute approximate surface area is 400 Å². The molecule has 0 unspecified atom stereocenters. The van der Waals surface area contributed by atoms with Gasteiger partial charge in [0.15, 0.2) is 0 Å². The Morgan fingerprint density at radius 3 is 1.85 bits per heavy atom. The summed E-state index contributed by atoms with van der Waals surface area (Å²) in [5.74, 6) is 1.13. The van der Waals surface area contributed by atoms with Gasteiger partial charge < -0.3 is 19.1 Å². The van der Waals surface area contributed by atoms with Gasteiger partial charge in [-0.1, -0.05) is 84.4 Å². The largest absolute Gasteiger partial charge is 0.492 e. The Kier molecular flexibility index (Phi) is 18.9. The Bertz CT molecular complexity index is 2500. The van der Waals surface area contributed by atoms with Gasteiger partial charge >= 0.3 is 0 Å². The summed E-state index contributed by atoms with van der Waals surface area (Å²) in [6.45, 7) is 12.8. The first kappa shape index (κ1) is 49.8. The first-order chi connectivity index (χ1) is 33.1. The Morgan fingerprint density at radius 2 is 1.21 bits per heavy atom. The van der Waals surface area contributed by atoms with Crippen molar-refractivity contribution in [2.45, 2.75) is 45.4 Å². The molecule has 3 heterocycles. The number of halogens is 2. The lowest BCUT2D eigenvalue weighted by molar-refractivity contribution is -0.119. The van der Waals surface area contributed by atoms with Gasteiger partial charge in [-0.05, 0) is 97.1 Å². The van der Waals surface area contributed by atoms with E-state index in [0.717, 1.165) is 111 Å². The van der Waals surface area contributed by atoms with Gasteiger partial charge in [-0.2, -0.15) is 0 Å². The van der Waals surface area contributed by atoms with Crippen molar-refractivity contribution in [3.8, 4) is 33.8 Å². The van der Waals surface area contributed by atoms with E-state index in [4.69, 9.17) is 14.2 Å². The van der Waals surface area contributed by atoms with Crippen LogP contribution in [-0.4, -0.2) is 117 Å². The van der Waals surface area contributed by atoms with Crippen molar-refractivity contribution in [2.24, 2.45) is 0 Å². The summed E-state index contributed by atoms with van der Waals surface area (Å²) in [4.78, 5) is 36.2. The fraction of sp³-hybridized carbons (Fsp3) is 0.351. The number of benzene rings is 5. The second-order valence-electron chi connectivity index (χ2n) is 17.7. The van der Waals surface area contributed by atoms with Crippen molar-refractivity contribution in [1.29, 1.82) is 0 Å². The quantitative estimate of drug-likeness (QED) is 0.0744. The predicted octanol–water partition coefficient (Wildman–Crippen LogP) is 9.51. The maximum absolute atomic E-state index is 14.8. The SMILES string of the molecule is Cc1cccc(CCC(=O)Cc2ccc(-c3ccc(OCCN4CCN(C)CC4)cc3F)cc2)c1.O=C(CCc1cccc(F)c1)Cc1ccc(-c2ccc(OCCN3CCOCC3)cc2)cn1. The van der Waals surface area contributed by atoms with Crippen LogP contribution >= 0.6 is 0 Å². The Balaban J connectivity index is 0.000000202. The molecule has 2 aliphatic heterocycles. The number of ether oxygens (including phenoxy) is 3. The zero-order valence-electron chi connectivity index (χ0n) is 39.5. The minimum absolute atomic E-state index is 0.0955. The summed E-state index contributed by atoms with van der Waals surface area (Å²) in [7, 11) is 2.14. The zero-order valence-corrected chi connectivity index (χ0v) is 39.5. The van der Waals surface area contributed by atoms with Gasteiger partial charge in [0.05, 0.1) is 13.2 Å². The number of carbonyl (C=O) groups is 2. The Morgan fingerprint density at radius 1 is 0.603 bits per heavy atom. The molecule has 0 saturated carbocycles. The highest BCUT2D eigenvalue weighted by molar-refractivity contribution is 5.81. The standard InChI is InChI=1S/C30H35FN2O2.C27H29FN2O3/c1-23-4-3-5-24(20-23)8-11-27(34)21-25-6-9-26(10-7-25)29-13-12-28(22-30(29)31)35-19-18-33-16-14-32(2)15-17-33;28-24-3-1-2-21(18-24)4-9-26(31)19-25-8-5-23(20-29-25)22-6-10-27(11-7-22)33-17-14-30-12-15-32-16-13-30/h3-7,9-10,12-13,20,22H,8,11,14-19,21H2,1-2H3;1-3,5-8,10-11,18,20H,4,9,12-17,19H2. The average molecular weight is 923 g/mol. The highest BCUT2D eigenvalue weighted by Gasteiger charge is 2.15. The van der Waals surface area contributed by atoms with E-state index in [0.29, 0.717) is 50.2 Å². The van der Waals surface area contributed by atoms with Crippen molar-refractivity contribution in [3.63, 3.8) is 0 Å². The van der Waals surface area contributed by atoms with Gasteiger partial charge in [0.1, 0.15) is 47.9 Å². The summed E-state index contributed by atoms with van der Waals surface area (Å²) in [6.07, 6.45) is 4.67. The molecule has 0 N–H and O–H groups in total. The van der Waals surface area contributed by atoms with Crippen LogP contribution in [0.25, 0.3) is 22.3 Å². The number of ketones is 2. The topological polar surface area (TPSA) is 84.4 Å². The highest BCUT2D eigenvalue weighted by Crippen LogP contribution is 2.27.